The lowest BCUT2D eigenvalue weighted by molar-refractivity contribution is -0.123. The molecule has 11 heteroatoms. The molecular formula is C27H24BrNO7S2. The molecular weight excluding hydrogens is 594 g/mol. The van der Waals surface area contributed by atoms with Gasteiger partial charge in [0.25, 0.3) is 11.1 Å². The number of imide groups is 1. The Balaban J connectivity index is 1.53. The number of amides is 2. The second-order valence-corrected chi connectivity index (χ2v) is 11.5. The molecule has 8 nitrogen and oxygen atoms in total. The summed E-state index contributed by atoms with van der Waals surface area (Å²) in [4.78, 5) is 26.8. The van der Waals surface area contributed by atoms with Crippen molar-refractivity contribution in [1.29, 1.82) is 0 Å². The van der Waals surface area contributed by atoms with Crippen molar-refractivity contribution in [2.75, 3.05) is 19.8 Å². The van der Waals surface area contributed by atoms with Crippen LogP contribution in [0.5, 0.6) is 17.2 Å². The third kappa shape index (κ3) is 6.58. The molecule has 1 fully saturated rings. The van der Waals surface area contributed by atoms with Crippen LogP contribution in [0.15, 0.2) is 81.0 Å². The Morgan fingerprint density at radius 2 is 1.71 bits per heavy atom. The van der Waals surface area contributed by atoms with E-state index in [2.05, 4.69) is 15.9 Å². The number of hydrogen-bond acceptors (Lipinski definition) is 8. The summed E-state index contributed by atoms with van der Waals surface area (Å²) in [7, 11) is -4.13. The van der Waals surface area contributed by atoms with Crippen LogP contribution in [0.2, 0.25) is 0 Å². The van der Waals surface area contributed by atoms with E-state index in [1.807, 2.05) is 25.1 Å². The highest BCUT2D eigenvalue weighted by Gasteiger charge is 2.35. The van der Waals surface area contributed by atoms with Gasteiger partial charge in [-0.1, -0.05) is 35.9 Å². The molecule has 0 aliphatic carbocycles. The Morgan fingerprint density at radius 3 is 2.39 bits per heavy atom. The van der Waals surface area contributed by atoms with Gasteiger partial charge in [0.1, 0.15) is 17.3 Å². The second-order valence-electron chi connectivity index (χ2n) is 8.11. The summed E-state index contributed by atoms with van der Waals surface area (Å²) >= 11 is 4.19. The summed E-state index contributed by atoms with van der Waals surface area (Å²) in [6, 6.07) is 18.6. The number of hydrogen-bond donors (Lipinski definition) is 0. The molecule has 0 N–H and O–H groups in total. The standard InChI is InChI=1S/C27H24BrNO7S2/c1-3-34-23-16-19(15-22(28)25(23)36-38(32,33)21-11-9-18(2)10-12-21)17-24-26(30)29(27(31)37-24)13-14-35-20-7-5-4-6-8-20/h4-12,15-17H,3,13-14H2,1-2H3/b24-17-. The van der Waals surface area contributed by atoms with Gasteiger partial charge in [0, 0.05) is 0 Å². The Labute approximate surface area is 233 Å². The van der Waals surface area contributed by atoms with Gasteiger partial charge in [0.05, 0.1) is 22.5 Å². The molecule has 4 rings (SSSR count). The van der Waals surface area contributed by atoms with Gasteiger partial charge in [-0.25, -0.2) is 0 Å². The van der Waals surface area contributed by atoms with Crippen LogP contribution in [0.4, 0.5) is 4.79 Å². The largest absolute Gasteiger partial charge is 0.492 e. The molecule has 1 heterocycles. The van der Waals surface area contributed by atoms with E-state index >= 15 is 0 Å². The van der Waals surface area contributed by atoms with E-state index in [9.17, 15) is 18.0 Å². The van der Waals surface area contributed by atoms with Crippen LogP contribution >= 0.6 is 27.7 Å². The number of nitrogens with zero attached hydrogens (tertiary/aromatic N) is 1. The first-order chi connectivity index (χ1) is 18.2. The topological polar surface area (TPSA) is 99.2 Å². The van der Waals surface area contributed by atoms with E-state index in [0.29, 0.717) is 15.8 Å². The first-order valence-corrected chi connectivity index (χ1v) is 14.6. The van der Waals surface area contributed by atoms with Crippen molar-refractivity contribution in [2.45, 2.75) is 18.7 Å². The Kier molecular flexibility index (Phi) is 8.80. The van der Waals surface area contributed by atoms with Crippen LogP contribution in [0.1, 0.15) is 18.1 Å². The zero-order chi connectivity index (χ0) is 27.3. The van der Waals surface area contributed by atoms with Gasteiger partial charge in [-0.15, -0.1) is 0 Å². The molecule has 1 aliphatic heterocycles. The molecule has 38 heavy (non-hydrogen) atoms. The number of aryl methyl sites for hydroxylation is 1. The number of carbonyl (C=O) groups excluding carboxylic acids is 2. The lowest BCUT2D eigenvalue weighted by Crippen LogP contribution is -2.32. The molecule has 1 saturated heterocycles. The van der Waals surface area contributed by atoms with Gasteiger partial charge in [-0.3, -0.25) is 14.5 Å². The SMILES string of the molecule is CCOc1cc(/C=C2\SC(=O)N(CCOc3ccccc3)C2=O)cc(Br)c1OS(=O)(=O)c1ccc(C)cc1. The van der Waals surface area contributed by atoms with E-state index < -0.39 is 21.3 Å². The smallest absolute Gasteiger partial charge is 0.339 e. The third-order valence-corrected chi connectivity index (χ3v) is 8.06. The van der Waals surface area contributed by atoms with Crippen molar-refractivity contribution in [2.24, 2.45) is 0 Å². The fourth-order valence-corrected chi connectivity index (χ4v) is 5.96. The molecule has 0 unspecified atom stereocenters. The van der Waals surface area contributed by atoms with E-state index in [4.69, 9.17) is 13.7 Å². The van der Waals surface area contributed by atoms with Crippen LogP contribution in [0.25, 0.3) is 6.08 Å². The van der Waals surface area contributed by atoms with Crippen LogP contribution in [-0.2, 0) is 14.9 Å². The number of thioether (sulfide) groups is 1. The minimum absolute atomic E-state index is 0.00597. The normalized spacial score (nSPS) is 14.7. The molecule has 0 saturated carbocycles. The summed E-state index contributed by atoms with van der Waals surface area (Å²) in [5.41, 5.74) is 1.43. The van der Waals surface area contributed by atoms with E-state index in [0.717, 1.165) is 22.2 Å². The molecule has 0 aromatic heterocycles. The van der Waals surface area contributed by atoms with Gasteiger partial charge in [0.2, 0.25) is 0 Å². The maximum Gasteiger partial charge on any atom is 0.339 e. The highest BCUT2D eigenvalue weighted by Crippen LogP contribution is 2.40. The summed E-state index contributed by atoms with van der Waals surface area (Å²) in [6.07, 6.45) is 1.55. The predicted octanol–water partition coefficient (Wildman–Crippen LogP) is 6.04. The van der Waals surface area contributed by atoms with Crippen molar-refractivity contribution in [3.8, 4) is 17.2 Å². The summed E-state index contributed by atoms with van der Waals surface area (Å²) in [6.45, 7) is 4.12. The van der Waals surface area contributed by atoms with Gasteiger partial charge < -0.3 is 13.7 Å². The zero-order valence-corrected chi connectivity index (χ0v) is 23.8. The van der Waals surface area contributed by atoms with Crippen LogP contribution < -0.4 is 13.7 Å². The van der Waals surface area contributed by atoms with Crippen molar-refractivity contribution < 1.29 is 31.7 Å². The number of ether oxygens (including phenoxy) is 2. The van der Waals surface area contributed by atoms with Crippen LogP contribution in [-0.4, -0.2) is 44.2 Å². The first kappa shape index (κ1) is 27.7. The maximum absolute atomic E-state index is 12.9. The fourth-order valence-electron chi connectivity index (χ4n) is 3.49. The molecule has 0 radical (unpaired) electrons. The third-order valence-electron chi connectivity index (χ3n) is 5.33. The number of carbonyl (C=O) groups is 2. The molecule has 3 aromatic carbocycles. The minimum Gasteiger partial charge on any atom is -0.492 e. The second kappa shape index (κ2) is 12.1. The molecule has 0 spiro atoms. The monoisotopic (exact) mass is 617 g/mol. The number of para-hydroxylation sites is 1. The highest BCUT2D eigenvalue weighted by atomic mass is 79.9. The Bertz CT molecular complexity index is 1470. The first-order valence-electron chi connectivity index (χ1n) is 11.6. The van der Waals surface area contributed by atoms with Gasteiger partial charge in [-0.05, 0) is 89.6 Å². The molecule has 3 aromatic rings. The number of halogens is 1. The van der Waals surface area contributed by atoms with Crippen molar-refractivity contribution >= 4 is 55.0 Å². The molecule has 198 valence electrons. The summed E-state index contributed by atoms with van der Waals surface area (Å²) < 4.78 is 42.7. The number of rotatable bonds is 10. The van der Waals surface area contributed by atoms with Gasteiger partial charge in [-0.2, -0.15) is 8.42 Å². The van der Waals surface area contributed by atoms with E-state index in [1.165, 1.54) is 12.1 Å². The molecule has 0 atom stereocenters. The molecule has 0 bridgehead atoms. The summed E-state index contributed by atoms with van der Waals surface area (Å²) in [5.74, 6) is 0.359. The summed E-state index contributed by atoms with van der Waals surface area (Å²) in [5, 5.41) is -0.397. The van der Waals surface area contributed by atoms with E-state index in [1.54, 1.807) is 49.4 Å². The average molecular weight is 619 g/mol. The van der Waals surface area contributed by atoms with Crippen LogP contribution in [0, 0.1) is 6.92 Å². The molecule has 2 amide bonds. The number of benzene rings is 3. The van der Waals surface area contributed by atoms with Crippen molar-refractivity contribution in [3.05, 3.63) is 87.2 Å². The van der Waals surface area contributed by atoms with Crippen molar-refractivity contribution in [3.63, 3.8) is 0 Å². The lowest BCUT2D eigenvalue weighted by Gasteiger charge is -2.15. The van der Waals surface area contributed by atoms with Crippen LogP contribution in [0.3, 0.4) is 0 Å². The highest BCUT2D eigenvalue weighted by molar-refractivity contribution is 9.10. The van der Waals surface area contributed by atoms with Crippen molar-refractivity contribution in [1.82, 2.24) is 4.90 Å². The average Bonchev–Trinajstić information content (AvgIpc) is 3.14. The zero-order valence-electron chi connectivity index (χ0n) is 20.5. The van der Waals surface area contributed by atoms with E-state index in [-0.39, 0.29) is 41.1 Å². The Hall–Kier alpha value is -3.28. The Morgan fingerprint density at radius 1 is 1.00 bits per heavy atom. The minimum atomic E-state index is -4.13. The predicted molar refractivity (Wildman–Crippen MR) is 149 cm³/mol. The molecule has 1 aliphatic rings. The fraction of sp³-hybridized carbons (Fsp3) is 0.185. The quantitative estimate of drug-likeness (QED) is 0.200. The van der Waals surface area contributed by atoms with Gasteiger partial charge >= 0.3 is 10.1 Å². The maximum atomic E-state index is 12.9. The van der Waals surface area contributed by atoms with Gasteiger partial charge in [0.15, 0.2) is 11.5 Å². The lowest BCUT2D eigenvalue weighted by atomic mass is 10.2.